The first-order chi connectivity index (χ1) is 13.1. The molecule has 3 rings (SSSR count). The largest absolute Gasteiger partial charge is 0.493 e. The highest BCUT2D eigenvalue weighted by atomic mass is 35.5. The summed E-state index contributed by atoms with van der Waals surface area (Å²) in [4.78, 5) is 16.2. The van der Waals surface area contributed by atoms with Crippen molar-refractivity contribution in [1.29, 1.82) is 0 Å². The number of halogens is 2. The molecule has 0 saturated heterocycles. The van der Waals surface area contributed by atoms with Gasteiger partial charge in [-0.05, 0) is 31.2 Å². The van der Waals surface area contributed by atoms with Gasteiger partial charge in [0, 0.05) is 10.6 Å². The number of esters is 1. The first-order valence-electron chi connectivity index (χ1n) is 8.21. The molecule has 0 aliphatic heterocycles. The number of carbonyl (C=O) groups excluding carboxylic acids is 1. The van der Waals surface area contributed by atoms with Gasteiger partial charge in [-0.3, -0.25) is 4.79 Å². The molecule has 2 aromatic carbocycles. The lowest BCUT2D eigenvalue weighted by molar-refractivity contribution is -0.144. The van der Waals surface area contributed by atoms with Crippen LogP contribution in [0.15, 0.2) is 47.0 Å². The third-order valence-electron chi connectivity index (χ3n) is 3.64. The molecule has 0 saturated carbocycles. The standard InChI is InChI=1S/C19H16ClFN2O4/c1-2-25-16-9-4-3-6-12(16)19-22-17(27-23-19)11-26-18(24)10-13-14(20)7-5-8-15(13)21/h3-9H,2,10-11H2,1H3. The van der Waals surface area contributed by atoms with Crippen LogP contribution in [0.4, 0.5) is 4.39 Å². The van der Waals surface area contributed by atoms with Gasteiger partial charge in [0.25, 0.3) is 5.89 Å². The van der Waals surface area contributed by atoms with Gasteiger partial charge >= 0.3 is 5.97 Å². The summed E-state index contributed by atoms with van der Waals surface area (Å²) in [6.45, 7) is 2.15. The van der Waals surface area contributed by atoms with E-state index in [1.54, 1.807) is 12.1 Å². The predicted molar refractivity (Wildman–Crippen MR) is 95.8 cm³/mol. The van der Waals surface area contributed by atoms with E-state index in [0.717, 1.165) is 0 Å². The van der Waals surface area contributed by atoms with E-state index in [1.165, 1.54) is 18.2 Å². The highest BCUT2D eigenvalue weighted by Crippen LogP contribution is 2.27. The molecule has 1 aromatic heterocycles. The van der Waals surface area contributed by atoms with Crippen LogP contribution in [-0.2, 0) is 22.6 Å². The zero-order chi connectivity index (χ0) is 19.2. The minimum Gasteiger partial charge on any atom is -0.493 e. The lowest BCUT2D eigenvalue weighted by Crippen LogP contribution is -2.10. The van der Waals surface area contributed by atoms with Gasteiger partial charge in [-0.2, -0.15) is 4.98 Å². The molecule has 0 atom stereocenters. The van der Waals surface area contributed by atoms with Crippen molar-refractivity contribution in [3.63, 3.8) is 0 Å². The molecular weight excluding hydrogens is 375 g/mol. The summed E-state index contributed by atoms with van der Waals surface area (Å²) in [5, 5.41) is 4.05. The van der Waals surface area contributed by atoms with Gasteiger partial charge in [-0.15, -0.1) is 0 Å². The van der Waals surface area contributed by atoms with Gasteiger partial charge in [0.2, 0.25) is 5.82 Å². The van der Waals surface area contributed by atoms with Gasteiger partial charge in [0.05, 0.1) is 18.6 Å². The van der Waals surface area contributed by atoms with Crippen molar-refractivity contribution >= 4 is 17.6 Å². The minimum absolute atomic E-state index is 0.0843. The first kappa shape index (κ1) is 18.8. The molecule has 0 unspecified atom stereocenters. The molecule has 0 amide bonds. The highest BCUT2D eigenvalue weighted by molar-refractivity contribution is 6.31. The van der Waals surface area contributed by atoms with Crippen molar-refractivity contribution in [3.05, 3.63) is 64.8 Å². The SMILES string of the molecule is CCOc1ccccc1-c1noc(COC(=O)Cc2c(F)cccc2Cl)n1. The summed E-state index contributed by atoms with van der Waals surface area (Å²) < 4.78 is 29.4. The van der Waals surface area contributed by atoms with E-state index >= 15 is 0 Å². The Balaban J connectivity index is 1.64. The second kappa shape index (κ2) is 8.64. The third kappa shape index (κ3) is 4.62. The summed E-state index contributed by atoms with van der Waals surface area (Å²) in [6.07, 6.45) is -0.292. The number of hydrogen-bond donors (Lipinski definition) is 0. The van der Waals surface area contributed by atoms with Crippen molar-refractivity contribution in [2.75, 3.05) is 6.61 Å². The van der Waals surface area contributed by atoms with Gasteiger partial charge in [0.1, 0.15) is 11.6 Å². The Kier molecular flexibility index (Phi) is 6.03. The van der Waals surface area contributed by atoms with E-state index in [4.69, 9.17) is 25.6 Å². The van der Waals surface area contributed by atoms with E-state index < -0.39 is 11.8 Å². The topological polar surface area (TPSA) is 74.5 Å². The van der Waals surface area contributed by atoms with E-state index in [2.05, 4.69) is 10.1 Å². The third-order valence-corrected chi connectivity index (χ3v) is 3.99. The Labute approximate surface area is 159 Å². The number of nitrogens with zero attached hydrogens (tertiary/aromatic N) is 2. The zero-order valence-electron chi connectivity index (χ0n) is 14.4. The minimum atomic E-state index is -0.656. The van der Waals surface area contributed by atoms with Crippen LogP contribution in [0.1, 0.15) is 18.4 Å². The van der Waals surface area contributed by atoms with Crippen LogP contribution in [0.3, 0.4) is 0 Å². The van der Waals surface area contributed by atoms with Gasteiger partial charge in [-0.1, -0.05) is 35.0 Å². The number of benzene rings is 2. The number of carbonyl (C=O) groups is 1. The van der Waals surface area contributed by atoms with Crippen molar-refractivity contribution < 1.29 is 23.2 Å². The Morgan fingerprint density at radius 2 is 2.04 bits per heavy atom. The van der Waals surface area contributed by atoms with Crippen LogP contribution in [0.25, 0.3) is 11.4 Å². The molecule has 140 valence electrons. The highest BCUT2D eigenvalue weighted by Gasteiger charge is 2.16. The molecule has 27 heavy (non-hydrogen) atoms. The Morgan fingerprint density at radius 3 is 2.81 bits per heavy atom. The molecular formula is C19H16ClFN2O4. The molecule has 0 N–H and O–H groups in total. The van der Waals surface area contributed by atoms with E-state index in [9.17, 15) is 9.18 Å². The maximum absolute atomic E-state index is 13.7. The number of rotatable bonds is 7. The molecule has 8 heteroatoms. The normalized spacial score (nSPS) is 10.6. The predicted octanol–water partition coefficient (Wildman–Crippen LogP) is 4.21. The molecule has 0 bridgehead atoms. The summed E-state index contributed by atoms with van der Waals surface area (Å²) in [5.74, 6) is -0.159. The lowest BCUT2D eigenvalue weighted by Gasteiger charge is -2.06. The van der Waals surface area contributed by atoms with Crippen molar-refractivity contribution in [2.45, 2.75) is 20.0 Å². The fourth-order valence-corrected chi connectivity index (χ4v) is 2.62. The maximum atomic E-state index is 13.7. The fraction of sp³-hybridized carbons (Fsp3) is 0.211. The Hall–Kier alpha value is -2.93. The second-order valence-corrected chi connectivity index (χ2v) is 5.89. The van der Waals surface area contributed by atoms with Crippen LogP contribution in [0.2, 0.25) is 5.02 Å². The Bertz CT molecular complexity index is 925. The zero-order valence-corrected chi connectivity index (χ0v) is 15.2. The summed E-state index contributed by atoms with van der Waals surface area (Å²) in [5.41, 5.74) is 0.750. The van der Waals surface area contributed by atoms with Crippen LogP contribution >= 0.6 is 11.6 Å². The monoisotopic (exact) mass is 390 g/mol. The maximum Gasteiger partial charge on any atom is 0.310 e. The fourth-order valence-electron chi connectivity index (χ4n) is 2.39. The van der Waals surface area contributed by atoms with Crippen molar-refractivity contribution in [2.24, 2.45) is 0 Å². The summed E-state index contributed by atoms with van der Waals surface area (Å²) in [7, 11) is 0. The quantitative estimate of drug-likeness (QED) is 0.562. The smallest absolute Gasteiger partial charge is 0.310 e. The van der Waals surface area contributed by atoms with Gasteiger partial charge in [-0.25, -0.2) is 4.39 Å². The van der Waals surface area contributed by atoms with Gasteiger partial charge in [0.15, 0.2) is 6.61 Å². The van der Waals surface area contributed by atoms with Gasteiger partial charge < -0.3 is 14.0 Å². The molecule has 0 spiro atoms. The molecule has 0 aliphatic carbocycles. The molecule has 0 fully saturated rings. The van der Waals surface area contributed by atoms with Crippen LogP contribution in [-0.4, -0.2) is 22.7 Å². The first-order valence-corrected chi connectivity index (χ1v) is 8.59. The van der Waals surface area contributed by atoms with Crippen LogP contribution < -0.4 is 4.74 Å². The van der Waals surface area contributed by atoms with Crippen molar-refractivity contribution in [1.82, 2.24) is 10.1 Å². The van der Waals surface area contributed by atoms with Crippen LogP contribution in [0, 0.1) is 5.82 Å². The van der Waals surface area contributed by atoms with Crippen LogP contribution in [0.5, 0.6) is 5.75 Å². The molecule has 0 radical (unpaired) electrons. The molecule has 0 aliphatic rings. The number of para-hydroxylation sites is 1. The number of hydrogen-bond acceptors (Lipinski definition) is 6. The average Bonchev–Trinajstić information content (AvgIpc) is 3.13. The Morgan fingerprint density at radius 1 is 1.22 bits per heavy atom. The number of ether oxygens (including phenoxy) is 2. The summed E-state index contributed by atoms with van der Waals surface area (Å²) in [6, 6.07) is 11.5. The van der Waals surface area contributed by atoms with E-state index in [0.29, 0.717) is 23.7 Å². The van der Waals surface area contributed by atoms with E-state index in [1.807, 2.05) is 19.1 Å². The molecule has 3 aromatic rings. The molecule has 1 heterocycles. The van der Waals surface area contributed by atoms with Crippen molar-refractivity contribution in [3.8, 4) is 17.1 Å². The number of aromatic nitrogens is 2. The van der Waals surface area contributed by atoms with E-state index in [-0.39, 0.29) is 29.5 Å². The average molecular weight is 391 g/mol. The molecule has 6 nitrogen and oxygen atoms in total. The summed E-state index contributed by atoms with van der Waals surface area (Å²) >= 11 is 5.90. The second-order valence-electron chi connectivity index (χ2n) is 5.48. The lowest BCUT2D eigenvalue weighted by atomic mass is 10.1.